The monoisotopic (exact) mass is 277 g/mol. The zero-order chi connectivity index (χ0) is 12.7. The summed E-state index contributed by atoms with van der Waals surface area (Å²) in [5.74, 6) is -0.510. The zero-order valence-corrected chi connectivity index (χ0v) is 11.0. The van der Waals surface area contributed by atoms with Crippen LogP contribution in [-0.4, -0.2) is 42.5 Å². The van der Waals surface area contributed by atoms with Crippen LogP contribution in [-0.2, 0) is 9.57 Å². The van der Waals surface area contributed by atoms with Crippen LogP contribution in [0.15, 0.2) is 11.4 Å². The van der Waals surface area contributed by atoms with Crippen LogP contribution in [0, 0.1) is 0 Å². The number of hydroxylamine groups is 1. The van der Waals surface area contributed by atoms with E-state index in [0.717, 1.165) is 0 Å². The molecule has 94 valence electrons. The fourth-order valence-electron chi connectivity index (χ4n) is 0.898. The molecule has 0 bridgehead atoms. The Morgan fingerprint density at radius 3 is 3.00 bits per heavy atom. The van der Waals surface area contributed by atoms with Gasteiger partial charge in [-0.05, 0) is 6.26 Å². The van der Waals surface area contributed by atoms with Gasteiger partial charge in [0, 0.05) is 7.11 Å². The molecule has 1 heterocycles. The van der Waals surface area contributed by atoms with Gasteiger partial charge in [-0.1, -0.05) is 23.4 Å². The summed E-state index contributed by atoms with van der Waals surface area (Å²) in [4.78, 5) is 24.4. The van der Waals surface area contributed by atoms with E-state index in [1.807, 2.05) is 0 Å². The van der Waals surface area contributed by atoms with Gasteiger partial charge in [-0.3, -0.25) is 9.63 Å². The smallest absolute Gasteiger partial charge is 0.295 e. The van der Waals surface area contributed by atoms with Crippen LogP contribution in [0.1, 0.15) is 10.5 Å². The van der Waals surface area contributed by atoms with Crippen molar-refractivity contribution >= 4 is 29.3 Å². The maximum Gasteiger partial charge on any atom is 0.295 e. The third-order valence-electron chi connectivity index (χ3n) is 1.67. The van der Waals surface area contributed by atoms with Crippen molar-refractivity contribution in [1.29, 1.82) is 0 Å². The summed E-state index contributed by atoms with van der Waals surface area (Å²) in [6.45, 7) is 0.633. The lowest BCUT2D eigenvalue weighted by Gasteiger charge is -2.06. The van der Waals surface area contributed by atoms with E-state index >= 15 is 0 Å². The molecular weight excluding hydrogens is 266 g/mol. The Labute approximate surface area is 108 Å². The van der Waals surface area contributed by atoms with Gasteiger partial charge in [0.15, 0.2) is 10.9 Å². The third-order valence-corrected chi connectivity index (χ3v) is 2.51. The molecule has 0 spiro atoms. The van der Waals surface area contributed by atoms with E-state index in [4.69, 9.17) is 21.2 Å². The SMILES string of the molecule is COCCONC(=O)c1nc(SC)ncc1Cl. The standard InChI is InChI=1S/C9H12ClN3O3S/c1-15-3-4-16-13-8(14)7-6(10)5-11-9(12-7)17-2/h5H,3-4H2,1-2H3,(H,13,14). The van der Waals surface area contributed by atoms with Crippen molar-refractivity contribution in [3.8, 4) is 0 Å². The molecule has 1 aromatic heterocycles. The lowest BCUT2D eigenvalue weighted by Crippen LogP contribution is -2.26. The number of hydrogen-bond donors (Lipinski definition) is 1. The number of amides is 1. The van der Waals surface area contributed by atoms with Gasteiger partial charge >= 0.3 is 0 Å². The third kappa shape index (κ3) is 4.47. The van der Waals surface area contributed by atoms with Gasteiger partial charge in [-0.2, -0.15) is 0 Å². The molecule has 17 heavy (non-hydrogen) atoms. The van der Waals surface area contributed by atoms with Gasteiger partial charge in [0.1, 0.15) is 0 Å². The number of aromatic nitrogens is 2. The molecular formula is C9H12ClN3O3S. The van der Waals surface area contributed by atoms with Crippen molar-refractivity contribution in [2.75, 3.05) is 26.6 Å². The highest BCUT2D eigenvalue weighted by atomic mass is 35.5. The fourth-order valence-corrected chi connectivity index (χ4v) is 1.42. The minimum atomic E-state index is -0.510. The van der Waals surface area contributed by atoms with Crippen LogP contribution in [0.2, 0.25) is 5.02 Å². The summed E-state index contributed by atoms with van der Waals surface area (Å²) in [6, 6.07) is 0. The van der Waals surface area contributed by atoms with Gasteiger partial charge in [0.05, 0.1) is 24.4 Å². The van der Waals surface area contributed by atoms with Gasteiger partial charge in [0.25, 0.3) is 5.91 Å². The van der Waals surface area contributed by atoms with E-state index in [9.17, 15) is 4.79 Å². The predicted molar refractivity (Wildman–Crippen MR) is 64.1 cm³/mol. The number of carbonyl (C=O) groups is 1. The summed E-state index contributed by atoms with van der Waals surface area (Å²) in [5.41, 5.74) is 2.31. The van der Waals surface area contributed by atoms with Gasteiger partial charge in [-0.15, -0.1) is 0 Å². The van der Waals surface area contributed by atoms with Crippen molar-refractivity contribution in [1.82, 2.24) is 15.4 Å². The molecule has 0 aliphatic rings. The summed E-state index contributed by atoms with van der Waals surface area (Å²) >= 11 is 7.13. The van der Waals surface area contributed by atoms with E-state index in [1.54, 1.807) is 6.26 Å². The molecule has 0 atom stereocenters. The molecule has 1 amide bonds. The first-order valence-electron chi connectivity index (χ1n) is 4.66. The number of halogens is 1. The summed E-state index contributed by atoms with van der Waals surface area (Å²) in [5, 5.41) is 0.645. The minimum Gasteiger partial charge on any atom is -0.382 e. The number of carbonyl (C=O) groups excluding carboxylic acids is 1. The van der Waals surface area contributed by atoms with Crippen LogP contribution in [0.25, 0.3) is 0 Å². The number of hydrogen-bond acceptors (Lipinski definition) is 6. The highest BCUT2D eigenvalue weighted by molar-refractivity contribution is 7.98. The highest BCUT2D eigenvalue weighted by Crippen LogP contribution is 2.16. The Morgan fingerprint density at radius 1 is 1.59 bits per heavy atom. The molecule has 6 nitrogen and oxygen atoms in total. The molecule has 0 fully saturated rings. The fraction of sp³-hybridized carbons (Fsp3) is 0.444. The van der Waals surface area contributed by atoms with Gasteiger partial charge in [0.2, 0.25) is 0 Å². The molecule has 0 aromatic carbocycles. The molecule has 0 unspecified atom stereocenters. The van der Waals surface area contributed by atoms with Gasteiger partial charge in [-0.25, -0.2) is 15.4 Å². The molecule has 8 heteroatoms. The maximum atomic E-state index is 11.6. The molecule has 0 radical (unpaired) electrons. The number of nitrogens with one attached hydrogen (secondary N) is 1. The Hall–Kier alpha value is -0.890. The quantitative estimate of drug-likeness (QED) is 0.364. The maximum absolute atomic E-state index is 11.6. The van der Waals surface area contributed by atoms with E-state index < -0.39 is 5.91 Å². The number of rotatable bonds is 6. The normalized spacial score (nSPS) is 10.3. The van der Waals surface area contributed by atoms with Crippen molar-refractivity contribution < 1.29 is 14.4 Å². The molecule has 0 aliphatic heterocycles. The van der Waals surface area contributed by atoms with Crippen LogP contribution < -0.4 is 5.48 Å². The number of nitrogens with zero attached hydrogens (tertiary/aromatic N) is 2. The summed E-state index contributed by atoms with van der Waals surface area (Å²) < 4.78 is 4.76. The predicted octanol–water partition coefficient (Wildman–Crippen LogP) is 1.16. The average molecular weight is 278 g/mol. The Morgan fingerprint density at radius 2 is 2.35 bits per heavy atom. The summed E-state index contributed by atoms with van der Waals surface area (Å²) in [7, 11) is 1.54. The highest BCUT2D eigenvalue weighted by Gasteiger charge is 2.13. The molecule has 0 aliphatic carbocycles. The lowest BCUT2D eigenvalue weighted by atomic mass is 10.4. The first-order valence-corrected chi connectivity index (χ1v) is 6.27. The largest absolute Gasteiger partial charge is 0.382 e. The lowest BCUT2D eigenvalue weighted by molar-refractivity contribution is 0.00853. The minimum absolute atomic E-state index is 0.0865. The van der Waals surface area contributed by atoms with Crippen molar-refractivity contribution in [2.24, 2.45) is 0 Å². The van der Waals surface area contributed by atoms with E-state index in [-0.39, 0.29) is 17.3 Å². The first-order chi connectivity index (χ1) is 8.19. The van der Waals surface area contributed by atoms with Crippen molar-refractivity contribution in [2.45, 2.75) is 5.16 Å². The number of thioether (sulfide) groups is 1. The summed E-state index contributed by atoms with van der Waals surface area (Å²) in [6.07, 6.45) is 3.18. The van der Waals surface area contributed by atoms with Crippen molar-refractivity contribution in [3.63, 3.8) is 0 Å². The molecule has 1 N–H and O–H groups in total. The van der Waals surface area contributed by atoms with E-state index in [2.05, 4.69) is 15.4 Å². The Kier molecular flexibility index (Phi) is 6.20. The van der Waals surface area contributed by atoms with Gasteiger partial charge < -0.3 is 4.74 Å². The second kappa shape index (κ2) is 7.44. The molecule has 1 aromatic rings. The average Bonchev–Trinajstić information content (AvgIpc) is 2.35. The van der Waals surface area contributed by atoms with Crippen LogP contribution >= 0.6 is 23.4 Å². The topological polar surface area (TPSA) is 73.3 Å². The van der Waals surface area contributed by atoms with E-state index in [1.165, 1.54) is 25.1 Å². The Balaban J connectivity index is 2.61. The molecule has 1 rings (SSSR count). The van der Waals surface area contributed by atoms with E-state index in [0.29, 0.717) is 11.8 Å². The zero-order valence-electron chi connectivity index (χ0n) is 9.40. The second-order valence-electron chi connectivity index (χ2n) is 2.83. The van der Waals surface area contributed by atoms with Crippen LogP contribution in [0.3, 0.4) is 0 Å². The Bertz CT molecular complexity index is 392. The second-order valence-corrected chi connectivity index (χ2v) is 4.01. The van der Waals surface area contributed by atoms with Crippen LogP contribution in [0.5, 0.6) is 0 Å². The van der Waals surface area contributed by atoms with Crippen LogP contribution in [0.4, 0.5) is 0 Å². The molecule has 0 saturated carbocycles. The number of methoxy groups -OCH3 is 1. The first kappa shape index (κ1) is 14.2. The van der Waals surface area contributed by atoms with Crippen molar-refractivity contribution in [3.05, 3.63) is 16.9 Å². The number of ether oxygens (including phenoxy) is 1. The molecule has 0 saturated heterocycles.